The topological polar surface area (TPSA) is 171 Å². The Morgan fingerprint density at radius 3 is 2.34 bits per heavy atom. The van der Waals surface area contributed by atoms with Crippen LogP contribution in [0.25, 0.3) is 5.57 Å². The van der Waals surface area contributed by atoms with Crippen LogP contribution in [0.3, 0.4) is 0 Å². The molecule has 202 valence electrons. The Hall–Kier alpha value is -2.58. The smallest absolute Gasteiger partial charge is 0.295 e. The Balaban J connectivity index is 1.79. The molecule has 0 amide bonds. The molecule has 2 aliphatic rings. The monoisotopic (exact) mass is 584 g/mol. The summed E-state index contributed by atoms with van der Waals surface area (Å²) in [6, 6.07) is 9.97. The lowest BCUT2D eigenvalue weighted by molar-refractivity contribution is -0.277. The number of ketones is 1. The maximum atomic E-state index is 12.1. The number of carbonyl (C=O) groups is 1. The van der Waals surface area contributed by atoms with Crippen LogP contribution in [0.1, 0.15) is 11.1 Å². The van der Waals surface area contributed by atoms with Crippen molar-refractivity contribution in [2.75, 3.05) is 6.61 Å². The summed E-state index contributed by atoms with van der Waals surface area (Å²) in [5.41, 5.74) is 1.07. The number of benzene rings is 2. The molecule has 2 aromatic rings. The van der Waals surface area contributed by atoms with E-state index in [0.29, 0.717) is 11.1 Å². The van der Waals surface area contributed by atoms with Crippen LogP contribution < -0.4 is 4.74 Å². The predicted octanol–water partition coefficient (Wildman–Crippen LogP) is 1.83. The van der Waals surface area contributed by atoms with Crippen LogP contribution in [-0.4, -0.2) is 76.5 Å². The molecule has 0 radical (unpaired) electrons. The van der Waals surface area contributed by atoms with Crippen molar-refractivity contribution >= 4 is 44.7 Å². The highest BCUT2D eigenvalue weighted by molar-refractivity contribution is 7.86. The van der Waals surface area contributed by atoms with Gasteiger partial charge in [-0.3, -0.25) is 9.35 Å². The van der Waals surface area contributed by atoms with Gasteiger partial charge in [0.1, 0.15) is 35.1 Å². The van der Waals surface area contributed by atoms with E-state index in [1.165, 1.54) is 54.6 Å². The minimum Gasteiger partial charge on any atom is -0.460 e. The van der Waals surface area contributed by atoms with Gasteiger partial charge in [-0.1, -0.05) is 53.5 Å². The van der Waals surface area contributed by atoms with Gasteiger partial charge in [0.2, 0.25) is 6.29 Å². The molecule has 13 heteroatoms. The molecule has 2 aromatic carbocycles. The fourth-order valence-electron chi connectivity index (χ4n) is 4.07. The van der Waals surface area contributed by atoms with Crippen molar-refractivity contribution in [2.24, 2.45) is 0 Å². The Morgan fingerprint density at radius 1 is 1.00 bits per heavy atom. The SMILES string of the molecule is O=C1C=C/C(=C(\c2ccc(O[C@@H]3O[C@H](CO)[C@H](O)[C@@H](O)[C@H]3O)c(Cl)c2)c2ccccc2S(=O)(=O)O)C=C1Cl. The van der Waals surface area contributed by atoms with Crippen LogP contribution in [0.4, 0.5) is 0 Å². The average molecular weight is 585 g/mol. The lowest BCUT2D eigenvalue weighted by Gasteiger charge is -2.39. The van der Waals surface area contributed by atoms with E-state index < -0.39 is 58.1 Å². The van der Waals surface area contributed by atoms with Gasteiger partial charge >= 0.3 is 0 Å². The molecule has 0 unspecified atom stereocenters. The zero-order valence-corrected chi connectivity index (χ0v) is 21.6. The van der Waals surface area contributed by atoms with Gasteiger partial charge < -0.3 is 29.9 Å². The first-order chi connectivity index (χ1) is 17.9. The zero-order valence-electron chi connectivity index (χ0n) is 19.3. The second-order valence-electron chi connectivity index (χ2n) is 8.45. The summed E-state index contributed by atoms with van der Waals surface area (Å²) in [5, 5.41) is 39.5. The van der Waals surface area contributed by atoms with Gasteiger partial charge in [0.15, 0.2) is 5.78 Å². The van der Waals surface area contributed by atoms with Crippen molar-refractivity contribution in [3.05, 3.63) is 87.4 Å². The van der Waals surface area contributed by atoms with Crippen LogP contribution in [0.15, 0.2) is 76.2 Å². The normalized spacial score (nSPS) is 27.2. The van der Waals surface area contributed by atoms with Gasteiger partial charge in [0.25, 0.3) is 10.1 Å². The highest BCUT2D eigenvalue weighted by Gasteiger charge is 2.44. The van der Waals surface area contributed by atoms with Gasteiger partial charge in [-0.05, 0) is 47.1 Å². The molecule has 5 N–H and O–H groups in total. The number of aliphatic hydroxyl groups is 4. The average Bonchev–Trinajstić information content (AvgIpc) is 2.87. The lowest BCUT2D eigenvalue weighted by Crippen LogP contribution is -2.60. The fourth-order valence-corrected chi connectivity index (χ4v) is 5.18. The molecular weight excluding hydrogens is 563 g/mol. The number of ether oxygens (including phenoxy) is 2. The molecule has 0 bridgehead atoms. The van der Waals surface area contributed by atoms with Crippen LogP contribution in [0, 0.1) is 0 Å². The van der Waals surface area contributed by atoms with Gasteiger partial charge in [0, 0.05) is 5.56 Å². The summed E-state index contributed by atoms with van der Waals surface area (Å²) in [7, 11) is -4.66. The third-order valence-corrected chi connectivity index (χ3v) is 7.47. The molecule has 1 saturated heterocycles. The Bertz CT molecular complexity index is 1450. The van der Waals surface area contributed by atoms with Crippen molar-refractivity contribution in [2.45, 2.75) is 35.6 Å². The first-order valence-corrected chi connectivity index (χ1v) is 13.3. The van der Waals surface area contributed by atoms with E-state index in [2.05, 4.69) is 0 Å². The third kappa shape index (κ3) is 5.71. The van der Waals surface area contributed by atoms with Crippen molar-refractivity contribution < 1.29 is 47.7 Å². The Labute approximate surface area is 227 Å². The van der Waals surface area contributed by atoms with E-state index in [0.717, 1.165) is 0 Å². The number of hydrogen-bond donors (Lipinski definition) is 5. The number of allylic oxidation sites excluding steroid dienone is 5. The number of aliphatic hydroxyl groups excluding tert-OH is 4. The molecule has 4 rings (SSSR count). The van der Waals surface area contributed by atoms with E-state index in [-0.39, 0.29) is 26.9 Å². The Morgan fingerprint density at radius 2 is 1.71 bits per heavy atom. The number of carbonyl (C=O) groups excluding carboxylic acids is 1. The van der Waals surface area contributed by atoms with Crippen LogP contribution in [0.2, 0.25) is 5.02 Å². The van der Waals surface area contributed by atoms with Gasteiger partial charge in [-0.2, -0.15) is 8.42 Å². The van der Waals surface area contributed by atoms with E-state index in [1.54, 1.807) is 6.07 Å². The summed E-state index contributed by atoms with van der Waals surface area (Å²) in [6.07, 6.45) is -3.56. The molecule has 10 nitrogen and oxygen atoms in total. The fraction of sp³-hybridized carbons (Fsp3) is 0.240. The number of halogens is 2. The molecule has 1 aliphatic heterocycles. The summed E-state index contributed by atoms with van der Waals surface area (Å²) in [4.78, 5) is 11.5. The second-order valence-corrected chi connectivity index (χ2v) is 10.7. The quantitative estimate of drug-likeness (QED) is 0.315. The van der Waals surface area contributed by atoms with Crippen LogP contribution >= 0.6 is 23.2 Å². The van der Waals surface area contributed by atoms with Crippen LogP contribution in [-0.2, 0) is 19.6 Å². The van der Waals surface area contributed by atoms with Crippen molar-refractivity contribution in [1.29, 1.82) is 0 Å². The molecule has 1 heterocycles. The number of hydrogen-bond acceptors (Lipinski definition) is 9. The standard InChI is InChI=1S/C25H22Cl2O10S/c26-15-9-12(5-7-17(15)29)21(14-3-1-2-4-20(14)38(33,34)35)13-6-8-18(16(27)10-13)36-25-24(32)23(31)22(30)19(11-28)37-25/h1-10,19,22-25,28,30-32H,11H2,(H,33,34,35)/b21-12-/t19-,22+,23-,24-,25-/m1/s1. The Kier molecular flexibility index (Phi) is 8.43. The van der Waals surface area contributed by atoms with E-state index in [1.807, 2.05) is 0 Å². The minimum absolute atomic E-state index is 0.00454. The predicted molar refractivity (Wildman–Crippen MR) is 136 cm³/mol. The van der Waals surface area contributed by atoms with Gasteiger partial charge in [-0.25, -0.2) is 0 Å². The first-order valence-electron chi connectivity index (χ1n) is 11.1. The molecule has 5 atom stereocenters. The largest absolute Gasteiger partial charge is 0.460 e. The van der Waals surface area contributed by atoms with Gasteiger partial charge in [0.05, 0.1) is 16.7 Å². The van der Waals surface area contributed by atoms with Crippen LogP contribution in [0.5, 0.6) is 5.75 Å². The van der Waals surface area contributed by atoms with Crippen molar-refractivity contribution in [1.82, 2.24) is 0 Å². The first kappa shape index (κ1) is 28.4. The molecular formula is C25H22Cl2O10S. The maximum Gasteiger partial charge on any atom is 0.295 e. The molecule has 38 heavy (non-hydrogen) atoms. The maximum absolute atomic E-state index is 12.1. The van der Waals surface area contributed by atoms with Gasteiger partial charge in [-0.15, -0.1) is 0 Å². The summed E-state index contributed by atoms with van der Waals surface area (Å²) in [6.45, 7) is -0.645. The number of rotatable bonds is 6. The molecule has 0 aromatic heterocycles. The van der Waals surface area contributed by atoms with Crippen molar-refractivity contribution in [3.8, 4) is 5.75 Å². The summed E-state index contributed by atoms with van der Waals surface area (Å²) in [5.74, 6) is -0.450. The zero-order chi connectivity index (χ0) is 27.8. The molecule has 1 aliphatic carbocycles. The summed E-state index contributed by atoms with van der Waals surface area (Å²) < 4.78 is 45.1. The highest BCUT2D eigenvalue weighted by Crippen LogP contribution is 2.38. The van der Waals surface area contributed by atoms with Crippen molar-refractivity contribution in [3.63, 3.8) is 0 Å². The summed E-state index contributed by atoms with van der Waals surface area (Å²) >= 11 is 12.5. The minimum atomic E-state index is -4.66. The van der Waals surface area contributed by atoms with E-state index >= 15 is 0 Å². The molecule has 1 fully saturated rings. The molecule has 0 saturated carbocycles. The lowest BCUT2D eigenvalue weighted by atomic mass is 9.90. The highest BCUT2D eigenvalue weighted by atomic mass is 35.5. The second kappa shape index (κ2) is 11.3. The molecule has 0 spiro atoms. The third-order valence-electron chi connectivity index (χ3n) is 5.97. The van der Waals surface area contributed by atoms with E-state index in [4.69, 9.17) is 32.7 Å². The van der Waals surface area contributed by atoms with E-state index in [9.17, 15) is 38.2 Å².